The fourth-order valence-corrected chi connectivity index (χ4v) is 7.10. The van der Waals surface area contributed by atoms with Crippen molar-refractivity contribution in [2.75, 3.05) is 69.8 Å². The Morgan fingerprint density at radius 2 is 1.79 bits per heavy atom. The summed E-state index contributed by atoms with van der Waals surface area (Å²) in [7, 11) is -2.37. The molecule has 43 heavy (non-hydrogen) atoms. The SMILES string of the molecule is COc1cc2c(cc1C(F)(F)F)[nH]c1nc[nH+]c(N3CCN(C(=S)Nc4ccc(S(=O)(=O)N5CCOCC5)cc4)CC3)c12. The zero-order chi connectivity index (χ0) is 30.4. The maximum atomic E-state index is 13.6. The summed E-state index contributed by atoms with van der Waals surface area (Å²) in [6.07, 6.45) is -3.05. The molecule has 6 rings (SSSR count). The summed E-state index contributed by atoms with van der Waals surface area (Å²) in [4.78, 5) is 14.8. The van der Waals surface area contributed by atoms with Gasteiger partial charge in [-0.15, -0.1) is 0 Å². The van der Waals surface area contributed by atoms with Crippen LogP contribution in [0.25, 0.3) is 21.9 Å². The predicted octanol–water partition coefficient (Wildman–Crippen LogP) is 3.10. The number of ether oxygens (including phenoxy) is 2. The Hall–Kier alpha value is -3.73. The monoisotopic (exact) mass is 636 g/mol. The lowest BCUT2D eigenvalue weighted by atomic mass is 10.1. The lowest BCUT2D eigenvalue weighted by Crippen LogP contribution is -2.51. The third-order valence-electron chi connectivity index (χ3n) is 7.63. The molecule has 2 fully saturated rings. The second-order valence-corrected chi connectivity index (χ2v) is 12.5. The number of benzene rings is 2. The molecule has 2 aromatic heterocycles. The Bertz CT molecular complexity index is 1770. The van der Waals surface area contributed by atoms with Crippen LogP contribution in [0.1, 0.15) is 5.56 Å². The highest BCUT2D eigenvalue weighted by Gasteiger charge is 2.36. The van der Waals surface area contributed by atoms with Gasteiger partial charge in [0.25, 0.3) is 0 Å². The van der Waals surface area contributed by atoms with Gasteiger partial charge in [-0.2, -0.15) is 17.5 Å². The molecule has 4 aromatic rings. The number of fused-ring (bicyclic) bond motifs is 3. The standard InChI is InChI=1S/C27H28F3N7O4S2/c1-40-22-14-19-21(15-20(22)27(28,29)30)34-24-23(19)25(32-16-31-24)35-6-8-36(9-7-35)26(42)33-17-2-4-18(5-3-17)43(38,39)37-10-12-41-13-11-37/h2-5,14-16H,6-13H2,1H3,(H,33,42)(H,31,32,34)/p+1. The smallest absolute Gasteiger partial charge is 0.420 e. The van der Waals surface area contributed by atoms with Gasteiger partial charge in [-0.3, -0.25) is 4.90 Å². The van der Waals surface area contributed by atoms with Crippen molar-refractivity contribution in [1.82, 2.24) is 19.2 Å². The van der Waals surface area contributed by atoms with Crippen LogP contribution in [0, 0.1) is 0 Å². The molecule has 0 atom stereocenters. The molecule has 0 bridgehead atoms. The Morgan fingerprint density at radius 1 is 1.09 bits per heavy atom. The van der Waals surface area contributed by atoms with Gasteiger partial charge in [0.15, 0.2) is 5.11 Å². The first kappa shape index (κ1) is 29.3. The van der Waals surface area contributed by atoms with E-state index in [1.807, 2.05) is 4.90 Å². The number of hydrogen-bond donors (Lipinski definition) is 2. The largest absolute Gasteiger partial charge is 0.496 e. The number of halogens is 3. The van der Waals surface area contributed by atoms with Crippen LogP contribution >= 0.6 is 12.2 Å². The number of aromatic nitrogens is 3. The number of thiocarbonyl (C=S) groups is 1. The number of hydrogen-bond acceptors (Lipinski definition) is 7. The summed E-state index contributed by atoms with van der Waals surface area (Å²) >= 11 is 5.64. The summed E-state index contributed by atoms with van der Waals surface area (Å²) in [6.45, 7) is 3.74. The highest BCUT2D eigenvalue weighted by Crippen LogP contribution is 2.41. The van der Waals surface area contributed by atoms with E-state index in [4.69, 9.17) is 21.7 Å². The van der Waals surface area contributed by atoms with Crippen LogP contribution in [0.4, 0.5) is 24.7 Å². The molecule has 2 saturated heterocycles. The van der Waals surface area contributed by atoms with Crippen molar-refractivity contribution in [2.45, 2.75) is 11.1 Å². The van der Waals surface area contributed by atoms with E-state index in [1.165, 1.54) is 23.8 Å². The van der Waals surface area contributed by atoms with Gasteiger partial charge in [-0.1, -0.05) is 4.98 Å². The van der Waals surface area contributed by atoms with Crippen molar-refractivity contribution < 1.29 is 36.0 Å². The third kappa shape index (κ3) is 5.67. The molecule has 0 spiro atoms. The fraction of sp³-hybridized carbons (Fsp3) is 0.370. The van der Waals surface area contributed by atoms with Crippen LogP contribution in [-0.2, 0) is 20.9 Å². The molecule has 0 radical (unpaired) electrons. The van der Waals surface area contributed by atoms with Gasteiger partial charge in [-0.25, -0.2) is 13.4 Å². The van der Waals surface area contributed by atoms with Crippen molar-refractivity contribution in [3.05, 3.63) is 48.3 Å². The molecule has 0 amide bonds. The van der Waals surface area contributed by atoms with Crippen LogP contribution in [-0.4, -0.2) is 92.3 Å². The van der Waals surface area contributed by atoms with Crippen molar-refractivity contribution in [3.63, 3.8) is 0 Å². The van der Waals surface area contributed by atoms with Gasteiger partial charge >= 0.3 is 6.18 Å². The molecule has 2 aliphatic rings. The van der Waals surface area contributed by atoms with E-state index in [1.54, 1.807) is 24.3 Å². The normalized spacial score (nSPS) is 17.0. The molecular formula is C27H29F3N7O4S2+. The molecule has 0 unspecified atom stereocenters. The fourth-order valence-electron chi connectivity index (χ4n) is 5.40. The van der Waals surface area contributed by atoms with Crippen molar-refractivity contribution in [1.29, 1.82) is 0 Å². The van der Waals surface area contributed by atoms with Crippen LogP contribution < -0.4 is 19.9 Å². The minimum absolute atomic E-state index is 0.212. The van der Waals surface area contributed by atoms with E-state index in [-0.39, 0.29) is 10.6 Å². The van der Waals surface area contributed by atoms with Crippen LogP contribution in [0.3, 0.4) is 0 Å². The van der Waals surface area contributed by atoms with E-state index < -0.39 is 21.8 Å². The summed E-state index contributed by atoms with van der Waals surface area (Å²) in [5.74, 6) is 0.470. The molecule has 2 aliphatic heterocycles. The molecule has 228 valence electrons. The van der Waals surface area contributed by atoms with Crippen LogP contribution in [0.5, 0.6) is 5.75 Å². The third-order valence-corrected chi connectivity index (χ3v) is 9.91. The Morgan fingerprint density at radius 3 is 2.44 bits per heavy atom. The first-order chi connectivity index (χ1) is 20.6. The minimum atomic E-state index is -4.56. The average molecular weight is 637 g/mol. The second-order valence-electron chi connectivity index (χ2n) is 10.1. The molecular weight excluding hydrogens is 607 g/mol. The molecule has 0 saturated carbocycles. The van der Waals surface area contributed by atoms with Crippen molar-refractivity contribution in [3.8, 4) is 5.75 Å². The van der Waals surface area contributed by atoms with E-state index >= 15 is 0 Å². The quantitative estimate of drug-likeness (QED) is 0.319. The van der Waals surface area contributed by atoms with Gasteiger partial charge < -0.3 is 24.7 Å². The van der Waals surface area contributed by atoms with Crippen molar-refractivity contribution in [2.24, 2.45) is 0 Å². The minimum Gasteiger partial charge on any atom is -0.496 e. The number of nitrogens with one attached hydrogen (secondary N) is 3. The lowest BCUT2D eigenvalue weighted by molar-refractivity contribution is -0.367. The van der Waals surface area contributed by atoms with Crippen molar-refractivity contribution >= 4 is 60.8 Å². The first-order valence-corrected chi connectivity index (χ1v) is 15.4. The number of rotatable bonds is 5. The van der Waals surface area contributed by atoms with Crippen LogP contribution in [0.15, 0.2) is 47.6 Å². The highest BCUT2D eigenvalue weighted by molar-refractivity contribution is 7.89. The first-order valence-electron chi connectivity index (χ1n) is 13.5. The Kier molecular flexibility index (Phi) is 7.78. The maximum Gasteiger partial charge on any atom is 0.420 e. The number of piperazine rings is 1. The number of methoxy groups -OCH3 is 1. The number of H-pyrrole nitrogens is 2. The predicted molar refractivity (Wildman–Crippen MR) is 158 cm³/mol. The second kappa shape index (κ2) is 11.4. The zero-order valence-corrected chi connectivity index (χ0v) is 24.7. The van der Waals surface area contributed by atoms with Gasteiger partial charge in [0.2, 0.25) is 27.8 Å². The van der Waals surface area contributed by atoms with Gasteiger partial charge in [-0.05, 0) is 48.6 Å². The molecule has 16 heteroatoms. The number of alkyl halides is 3. The number of nitrogens with zero attached hydrogens (tertiary/aromatic N) is 4. The van der Waals surface area contributed by atoms with Gasteiger partial charge in [0.05, 0.1) is 57.0 Å². The van der Waals surface area contributed by atoms with Gasteiger partial charge in [0, 0.05) is 29.7 Å². The van der Waals surface area contributed by atoms with Crippen LogP contribution in [0.2, 0.25) is 0 Å². The topological polar surface area (TPSA) is 117 Å². The summed E-state index contributed by atoms with van der Waals surface area (Å²) in [5, 5.41) is 4.93. The summed E-state index contributed by atoms with van der Waals surface area (Å²) in [6, 6.07) is 8.94. The number of sulfonamides is 1. The molecule has 11 nitrogen and oxygen atoms in total. The summed E-state index contributed by atoms with van der Waals surface area (Å²) < 4.78 is 78.3. The number of morpholine rings is 1. The summed E-state index contributed by atoms with van der Waals surface area (Å²) in [5.41, 5.74) is 0.583. The van der Waals surface area contributed by atoms with E-state index in [0.717, 1.165) is 11.9 Å². The Balaban J connectivity index is 1.15. The number of anilines is 2. The van der Waals surface area contributed by atoms with E-state index in [0.29, 0.717) is 85.2 Å². The van der Waals surface area contributed by atoms with E-state index in [2.05, 4.69) is 25.2 Å². The molecule has 0 aliphatic carbocycles. The van der Waals surface area contributed by atoms with E-state index in [9.17, 15) is 21.6 Å². The molecule has 2 aromatic carbocycles. The highest BCUT2D eigenvalue weighted by atomic mass is 32.2. The average Bonchev–Trinajstić information content (AvgIpc) is 3.38. The molecule has 3 N–H and O–H groups in total. The number of aromatic amines is 2. The van der Waals surface area contributed by atoms with Gasteiger partial charge in [0.1, 0.15) is 11.1 Å². The maximum absolute atomic E-state index is 13.6. The zero-order valence-electron chi connectivity index (χ0n) is 23.1. The lowest BCUT2D eigenvalue weighted by Gasteiger charge is -2.34. The Labute approximate surface area is 250 Å². The molecule has 4 heterocycles.